The maximum Gasteiger partial charge on any atom is 0.257 e. The molecule has 0 radical (unpaired) electrons. The number of fused-ring (bicyclic) bond motifs is 1. The van der Waals surface area contributed by atoms with Crippen molar-refractivity contribution < 1.29 is 0 Å². The van der Waals surface area contributed by atoms with Gasteiger partial charge >= 0.3 is 0 Å². The van der Waals surface area contributed by atoms with Crippen LogP contribution in [0.1, 0.15) is 44.9 Å². The fraction of sp³-hybridized carbons (Fsp3) is 0.471. The zero-order chi connectivity index (χ0) is 13.8. The van der Waals surface area contributed by atoms with E-state index in [4.69, 9.17) is 0 Å². The van der Waals surface area contributed by atoms with Crippen molar-refractivity contribution >= 4 is 16.6 Å². The van der Waals surface area contributed by atoms with Gasteiger partial charge in [-0.1, -0.05) is 50.3 Å². The summed E-state index contributed by atoms with van der Waals surface area (Å²) in [5.41, 5.74) is -0.00329. The molecule has 1 aromatic carbocycles. The molecule has 3 nitrogen and oxygen atoms in total. The van der Waals surface area contributed by atoms with Gasteiger partial charge in [-0.15, -0.1) is 0 Å². The summed E-state index contributed by atoms with van der Waals surface area (Å²) in [7, 11) is 0. The summed E-state index contributed by atoms with van der Waals surface area (Å²) in [5.74, 6) is 0.860. The lowest BCUT2D eigenvalue weighted by atomic mass is 9.97. The van der Waals surface area contributed by atoms with Gasteiger partial charge in [-0.05, 0) is 30.4 Å². The minimum atomic E-state index is -0.00329. The van der Waals surface area contributed by atoms with Crippen molar-refractivity contribution in [1.82, 2.24) is 4.98 Å². The lowest BCUT2D eigenvalue weighted by molar-refractivity contribution is 0.470. The molecule has 3 rings (SSSR count). The molecule has 1 fully saturated rings. The summed E-state index contributed by atoms with van der Waals surface area (Å²) in [5, 5.41) is 5.29. The normalized spacial score (nSPS) is 17.6. The Morgan fingerprint density at radius 3 is 2.50 bits per heavy atom. The molecule has 20 heavy (non-hydrogen) atoms. The maximum atomic E-state index is 12.1. The van der Waals surface area contributed by atoms with Gasteiger partial charge in [0.1, 0.15) is 5.82 Å². The molecule has 0 atom stereocenters. The van der Waals surface area contributed by atoms with Gasteiger partial charge in [-0.3, -0.25) is 4.79 Å². The van der Waals surface area contributed by atoms with E-state index < -0.39 is 0 Å². The molecule has 1 aliphatic carbocycles. The summed E-state index contributed by atoms with van der Waals surface area (Å²) < 4.78 is 0. The van der Waals surface area contributed by atoms with Gasteiger partial charge in [0.2, 0.25) is 0 Å². The highest BCUT2D eigenvalue weighted by atomic mass is 16.1. The first kappa shape index (κ1) is 13.2. The highest BCUT2D eigenvalue weighted by Crippen LogP contribution is 2.21. The number of anilines is 1. The molecular formula is C17H22N2O. The molecule has 0 bridgehead atoms. The van der Waals surface area contributed by atoms with Crippen molar-refractivity contribution in [1.29, 1.82) is 0 Å². The van der Waals surface area contributed by atoms with Crippen LogP contribution >= 0.6 is 0 Å². The average molecular weight is 270 g/mol. The van der Waals surface area contributed by atoms with E-state index in [-0.39, 0.29) is 5.56 Å². The highest BCUT2D eigenvalue weighted by molar-refractivity contribution is 5.83. The molecule has 0 aliphatic heterocycles. The van der Waals surface area contributed by atoms with Crippen LogP contribution in [-0.2, 0) is 0 Å². The van der Waals surface area contributed by atoms with Crippen LogP contribution in [0.3, 0.4) is 0 Å². The maximum absolute atomic E-state index is 12.1. The number of aromatic amines is 1. The van der Waals surface area contributed by atoms with E-state index in [1.807, 2.05) is 24.3 Å². The molecule has 1 aliphatic rings. The molecule has 0 saturated heterocycles. The molecule has 1 aromatic heterocycles. The summed E-state index contributed by atoms with van der Waals surface area (Å²) in [6.07, 6.45) is 9.03. The molecule has 1 heterocycles. The Hall–Kier alpha value is -1.77. The number of H-pyrrole nitrogens is 1. The van der Waals surface area contributed by atoms with E-state index in [2.05, 4.69) is 16.4 Å². The second-order valence-corrected chi connectivity index (χ2v) is 5.79. The predicted octanol–water partition coefficient (Wildman–Crippen LogP) is 4.05. The van der Waals surface area contributed by atoms with Crippen LogP contribution in [0.4, 0.5) is 5.82 Å². The lowest BCUT2D eigenvalue weighted by Gasteiger charge is -2.22. The van der Waals surface area contributed by atoms with Crippen LogP contribution in [0, 0.1) is 0 Å². The summed E-state index contributed by atoms with van der Waals surface area (Å²) in [4.78, 5) is 15.0. The van der Waals surface area contributed by atoms with Gasteiger partial charge in [0.15, 0.2) is 0 Å². The molecule has 0 unspecified atom stereocenters. The van der Waals surface area contributed by atoms with E-state index >= 15 is 0 Å². The van der Waals surface area contributed by atoms with Gasteiger partial charge in [0, 0.05) is 11.4 Å². The third-order valence-corrected chi connectivity index (χ3v) is 4.22. The molecule has 1 saturated carbocycles. The summed E-state index contributed by atoms with van der Waals surface area (Å²) in [6.45, 7) is 0. The van der Waals surface area contributed by atoms with E-state index in [0.29, 0.717) is 6.04 Å². The van der Waals surface area contributed by atoms with Gasteiger partial charge < -0.3 is 10.3 Å². The molecule has 3 heteroatoms. The average Bonchev–Trinajstić information content (AvgIpc) is 2.42. The second kappa shape index (κ2) is 6.12. The van der Waals surface area contributed by atoms with Crippen molar-refractivity contribution in [3.63, 3.8) is 0 Å². The fourth-order valence-corrected chi connectivity index (χ4v) is 3.11. The number of nitrogens with one attached hydrogen (secondary N) is 2. The lowest BCUT2D eigenvalue weighted by Crippen LogP contribution is -2.22. The van der Waals surface area contributed by atoms with Crippen molar-refractivity contribution in [2.24, 2.45) is 0 Å². The van der Waals surface area contributed by atoms with Gasteiger partial charge in [-0.25, -0.2) is 0 Å². The van der Waals surface area contributed by atoms with E-state index in [0.717, 1.165) is 16.6 Å². The number of aromatic nitrogens is 1. The monoisotopic (exact) mass is 270 g/mol. The van der Waals surface area contributed by atoms with Crippen LogP contribution in [0.2, 0.25) is 0 Å². The first-order valence-electron chi connectivity index (χ1n) is 7.71. The summed E-state index contributed by atoms with van der Waals surface area (Å²) in [6, 6.07) is 10.3. The topological polar surface area (TPSA) is 44.9 Å². The van der Waals surface area contributed by atoms with Crippen molar-refractivity contribution in [3.8, 4) is 0 Å². The van der Waals surface area contributed by atoms with Crippen LogP contribution in [0.15, 0.2) is 35.1 Å². The van der Waals surface area contributed by atoms with Crippen LogP contribution < -0.4 is 10.9 Å². The van der Waals surface area contributed by atoms with Crippen LogP contribution in [0.25, 0.3) is 10.8 Å². The SMILES string of the molecule is O=c1[nH]c(NC2CCCCCCC2)cc2ccccc12. The van der Waals surface area contributed by atoms with Gasteiger partial charge in [0.05, 0.1) is 0 Å². The quantitative estimate of drug-likeness (QED) is 0.864. The molecule has 0 amide bonds. The largest absolute Gasteiger partial charge is 0.369 e. The standard InChI is InChI=1S/C17H22N2O/c20-17-15-11-7-6-8-13(15)12-16(19-17)18-14-9-4-2-1-3-5-10-14/h6-8,11-12,14H,1-5,9-10H2,(H2,18,19,20). The molecule has 106 valence electrons. The summed E-state index contributed by atoms with van der Waals surface area (Å²) >= 11 is 0. The van der Waals surface area contributed by atoms with Crippen molar-refractivity contribution in [3.05, 3.63) is 40.7 Å². The third kappa shape index (κ3) is 3.03. The van der Waals surface area contributed by atoms with Crippen LogP contribution in [0.5, 0.6) is 0 Å². The third-order valence-electron chi connectivity index (χ3n) is 4.22. The molecule has 2 aromatic rings. The zero-order valence-electron chi connectivity index (χ0n) is 11.8. The zero-order valence-corrected chi connectivity index (χ0v) is 11.8. The number of rotatable bonds is 2. The fourth-order valence-electron chi connectivity index (χ4n) is 3.11. The second-order valence-electron chi connectivity index (χ2n) is 5.79. The van der Waals surface area contributed by atoms with E-state index in [9.17, 15) is 4.79 Å². The number of benzene rings is 1. The Bertz CT molecular complexity index is 624. The Labute approximate surface area is 119 Å². The Morgan fingerprint density at radius 2 is 1.70 bits per heavy atom. The molecule has 0 spiro atoms. The van der Waals surface area contributed by atoms with E-state index in [1.165, 1.54) is 44.9 Å². The first-order chi connectivity index (χ1) is 9.83. The number of hydrogen-bond acceptors (Lipinski definition) is 2. The Kier molecular flexibility index (Phi) is 4.05. The van der Waals surface area contributed by atoms with Crippen molar-refractivity contribution in [2.75, 3.05) is 5.32 Å². The Balaban J connectivity index is 1.81. The highest BCUT2D eigenvalue weighted by Gasteiger charge is 2.12. The van der Waals surface area contributed by atoms with Gasteiger partial charge in [-0.2, -0.15) is 0 Å². The smallest absolute Gasteiger partial charge is 0.257 e. The minimum absolute atomic E-state index is 0.00329. The number of hydrogen-bond donors (Lipinski definition) is 2. The minimum Gasteiger partial charge on any atom is -0.369 e. The number of pyridine rings is 1. The van der Waals surface area contributed by atoms with Gasteiger partial charge in [0.25, 0.3) is 5.56 Å². The first-order valence-corrected chi connectivity index (χ1v) is 7.71. The molecule has 2 N–H and O–H groups in total. The van der Waals surface area contributed by atoms with E-state index in [1.54, 1.807) is 0 Å². The van der Waals surface area contributed by atoms with Crippen molar-refractivity contribution in [2.45, 2.75) is 51.0 Å². The predicted molar refractivity (Wildman–Crippen MR) is 84.3 cm³/mol. The Morgan fingerprint density at radius 1 is 1.00 bits per heavy atom. The molecular weight excluding hydrogens is 248 g/mol. The van der Waals surface area contributed by atoms with Crippen LogP contribution in [-0.4, -0.2) is 11.0 Å².